The molecule has 0 radical (unpaired) electrons. The Morgan fingerprint density at radius 1 is 1.07 bits per heavy atom. The molecule has 148 valence electrons. The molecule has 1 aliphatic heterocycles. The Morgan fingerprint density at radius 3 is 2.36 bits per heavy atom. The van der Waals surface area contributed by atoms with E-state index >= 15 is 0 Å². The van der Waals surface area contributed by atoms with Gasteiger partial charge in [0.25, 0.3) is 5.91 Å². The van der Waals surface area contributed by atoms with Crippen LogP contribution in [0.2, 0.25) is 0 Å². The molecule has 1 heterocycles. The molecule has 0 atom stereocenters. The van der Waals surface area contributed by atoms with Crippen molar-refractivity contribution in [1.29, 1.82) is 0 Å². The topological polar surface area (TPSA) is 48.0 Å². The molecule has 0 saturated heterocycles. The molecule has 0 spiro atoms. The molecule has 6 heteroatoms. The largest absolute Gasteiger partial charge is 0.493 e. The van der Waals surface area contributed by atoms with Crippen molar-refractivity contribution in [2.75, 3.05) is 32.8 Å². The number of carbonyl (C=O) groups excluding carboxylic acids is 1. The zero-order valence-corrected chi connectivity index (χ0v) is 16.5. The van der Waals surface area contributed by atoms with E-state index < -0.39 is 0 Å². The number of ether oxygens (including phenoxy) is 3. The SMILES string of the molecule is COc1cc(/C=C/C(=O)N2CCCc3cc(F)cc(C)c32)cc(OC)c1OC. The van der Waals surface area contributed by atoms with Crippen LogP contribution in [-0.4, -0.2) is 33.8 Å². The number of benzene rings is 2. The first-order valence-electron chi connectivity index (χ1n) is 9.07. The van der Waals surface area contributed by atoms with E-state index in [0.717, 1.165) is 35.2 Å². The number of anilines is 1. The molecule has 3 rings (SSSR count). The Bertz CT molecular complexity index is 898. The lowest BCUT2D eigenvalue weighted by Gasteiger charge is -2.30. The molecule has 2 aromatic carbocycles. The maximum Gasteiger partial charge on any atom is 0.251 e. The van der Waals surface area contributed by atoms with Crippen LogP contribution >= 0.6 is 0 Å². The Hall–Kier alpha value is -3.02. The van der Waals surface area contributed by atoms with Crippen molar-refractivity contribution in [3.63, 3.8) is 0 Å². The fourth-order valence-corrected chi connectivity index (χ4v) is 3.60. The van der Waals surface area contributed by atoms with Gasteiger partial charge in [0, 0.05) is 12.6 Å². The minimum Gasteiger partial charge on any atom is -0.493 e. The van der Waals surface area contributed by atoms with E-state index in [9.17, 15) is 9.18 Å². The van der Waals surface area contributed by atoms with Crippen LogP contribution in [0.3, 0.4) is 0 Å². The predicted molar refractivity (Wildman–Crippen MR) is 107 cm³/mol. The summed E-state index contributed by atoms with van der Waals surface area (Å²) < 4.78 is 29.7. The average Bonchev–Trinajstić information content (AvgIpc) is 2.70. The van der Waals surface area contributed by atoms with E-state index in [4.69, 9.17) is 14.2 Å². The fourth-order valence-electron chi connectivity index (χ4n) is 3.60. The van der Waals surface area contributed by atoms with Crippen LogP contribution in [0.1, 0.15) is 23.1 Å². The van der Waals surface area contributed by atoms with E-state index in [-0.39, 0.29) is 11.7 Å². The molecule has 1 amide bonds. The average molecular weight is 385 g/mol. The van der Waals surface area contributed by atoms with Gasteiger partial charge in [-0.15, -0.1) is 0 Å². The molecule has 0 unspecified atom stereocenters. The number of nitrogens with zero attached hydrogens (tertiary/aromatic N) is 1. The van der Waals surface area contributed by atoms with Crippen molar-refractivity contribution >= 4 is 17.7 Å². The highest BCUT2D eigenvalue weighted by Gasteiger charge is 2.23. The number of rotatable bonds is 5. The van der Waals surface area contributed by atoms with Gasteiger partial charge >= 0.3 is 0 Å². The Kier molecular flexibility index (Phi) is 5.87. The van der Waals surface area contributed by atoms with Gasteiger partial charge in [0.15, 0.2) is 11.5 Å². The third kappa shape index (κ3) is 3.81. The number of fused-ring (bicyclic) bond motifs is 1. The summed E-state index contributed by atoms with van der Waals surface area (Å²) in [7, 11) is 4.63. The van der Waals surface area contributed by atoms with Gasteiger partial charge in [-0.3, -0.25) is 4.79 Å². The zero-order valence-electron chi connectivity index (χ0n) is 16.5. The van der Waals surface area contributed by atoms with E-state index in [1.807, 2.05) is 6.92 Å². The third-order valence-corrected chi connectivity index (χ3v) is 4.81. The summed E-state index contributed by atoms with van der Waals surface area (Å²) in [6, 6.07) is 6.53. The van der Waals surface area contributed by atoms with Crippen LogP contribution in [0, 0.1) is 12.7 Å². The first-order chi connectivity index (χ1) is 13.5. The second-order valence-electron chi connectivity index (χ2n) is 6.62. The van der Waals surface area contributed by atoms with Gasteiger partial charge in [0.2, 0.25) is 5.75 Å². The smallest absolute Gasteiger partial charge is 0.251 e. The third-order valence-electron chi connectivity index (χ3n) is 4.81. The van der Waals surface area contributed by atoms with Crippen molar-refractivity contribution in [3.05, 3.63) is 52.8 Å². The molecular formula is C22H24FNO4. The van der Waals surface area contributed by atoms with Crippen molar-refractivity contribution in [1.82, 2.24) is 0 Å². The number of carbonyl (C=O) groups is 1. The molecule has 0 N–H and O–H groups in total. The van der Waals surface area contributed by atoms with Crippen molar-refractivity contribution in [3.8, 4) is 17.2 Å². The first kappa shape index (κ1) is 19.7. The van der Waals surface area contributed by atoms with Crippen LogP contribution in [0.4, 0.5) is 10.1 Å². The van der Waals surface area contributed by atoms with Crippen molar-refractivity contribution in [2.24, 2.45) is 0 Å². The minimum absolute atomic E-state index is 0.149. The molecule has 0 bridgehead atoms. The molecule has 0 saturated carbocycles. The zero-order chi connectivity index (χ0) is 20.3. The summed E-state index contributed by atoms with van der Waals surface area (Å²) in [5, 5.41) is 0. The van der Waals surface area contributed by atoms with Gasteiger partial charge in [0.1, 0.15) is 5.82 Å². The first-order valence-corrected chi connectivity index (χ1v) is 9.07. The van der Waals surface area contributed by atoms with Crippen LogP contribution in [0.5, 0.6) is 17.2 Å². The van der Waals surface area contributed by atoms with Gasteiger partial charge in [-0.25, -0.2) is 4.39 Å². The molecule has 0 aromatic heterocycles. The second-order valence-corrected chi connectivity index (χ2v) is 6.62. The summed E-state index contributed by atoms with van der Waals surface area (Å²) >= 11 is 0. The number of amides is 1. The standard InChI is InChI=1S/C22H24FNO4/c1-14-10-17(23)13-16-6-5-9-24(21(14)16)20(25)8-7-15-11-18(26-2)22(28-4)19(12-15)27-3/h7-8,10-13H,5-6,9H2,1-4H3/b8-7+. The Morgan fingerprint density at radius 2 is 1.75 bits per heavy atom. The quantitative estimate of drug-likeness (QED) is 0.726. The molecule has 28 heavy (non-hydrogen) atoms. The number of halogens is 1. The highest BCUT2D eigenvalue weighted by atomic mass is 19.1. The molecule has 2 aromatic rings. The van der Waals surface area contributed by atoms with Crippen LogP contribution in [-0.2, 0) is 11.2 Å². The van der Waals surface area contributed by atoms with Crippen molar-refractivity contribution < 1.29 is 23.4 Å². The summed E-state index contributed by atoms with van der Waals surface area (Å²) in [6.07, 6.45) is 4.80. The van der Waals surface area contributed by atoms with Crippen LogP contribution < -0.4 is 19.1 Å². The van der Waals surface area contributed by atoms with E-state index in [0.29, 0.717) is 23.8 Å². The van der Waals surface area contributed by atoms with E-state index in [1.54, 1.807) is 44.4 Å². The lowest BCUT2D eigenvalue weighted by atomic mass is 9.97. The maximum absolute atomic E-state index is 13.7. The lowest BCUT2D eigenvalue weighted by molar-refractivity contribution is -0.114. The molecular weight excluding hydrogens is 361 g/mol. The minimum atomic E-state index is -0.265. The highest BCUT2D eigenvalue weighted by Crippen LogP contribution is 2.38. The molecule has 1 aliphatic rings. The van der Waals surface area contributed by atoms with E-state index in [2.05, 4.69) is 0 Å². The van der Waals surface area contributed by atoms with Gasteiger partial charge in [0.05, 0.1) is 27.0 Å². The van der Waals surface area contributed by atoms with Gasteiger partial charge < -0.3 is 19.1 Å². The monoisotopic (exact) mass is 385 g/mol. The Balaban J connectivity index is 1.90. The Labute approximate surface area is 164 Å². The highest BCUT2D eigenvalue weighted by molar-refractivity contribution is 6.05. The van der Waals surface area contributed by atoms with E-state index in [1.165, 1.54) is 18.2 Å². The summed E-state index contributed by atoms with van der Waals surface area (Å²) in [5.74, 6) is 1.12. The number of hydrogen-bond donors (Lipinski definition) is 0. The summed E-state index contributed by atoms with van der Waals surface area (Å²) in [5.41, 5.74) is 3.20. The normalized spacial score (nSPS) is 13.4. The number of aryl methyl sites for hydroxylation is 2. The second kappa shape index (κ2) is 8.33. The summed E-state index contributed by atoms with van der Waals surface area (Å²) in [6.45, 7) is 2.44. The van der Waals surface area contributed by atoms with Crippen molar-refractivity contribution in [2.45, 2.75) is 19.8 Å². The molecule has 0 fully saturated rings. The fraction of sp³-hybridized carbons (Fsp3) is 0.318. The predicted octanol–water partition coefficient (Wildman–Crippen LogP) is 4.15. The lowest BCUT2D eigenvalue weighted by Crippen LogP contribution is -2.35. The number of methoxy groups -OCH3 is 3. The van der Waals surface area contributed by atoms with Gasteiger partial charge in [-0.2, -0.15) is 0 Å². The van der Waals surface area contributed by atoms with Crippen LogP contribution in [0.25, 0.3) is 6.08 Å². The van der Waals surface area contributed by atoms with Crippen LogP contribution in [0.15, 0.2) is 30.3 Å². The molecule has 5 nitrogen and oxygen atoms in total. The van der Waals surface area contributed by atoms with Gasteiger partial charge in [-0.05, 0) is 66.8 Å². The molecule has 0 aliphatic carbocycles. The van der Waals surface area contributed by atoms with Gasteiger partial charge in [-0.1, -0.05) is 0 Å². The maximum atomic E-state index is 13.7. The summed E-state index contributed by atoms with van der Waals surface area (Å²) in [4.78, 5) is 14.6. The number of hydrogen-bond acceptors (Lipinski definition) is 4.